The third kappa shape index (κ3) is 4.81. The van der Waals surface area contributed by atoms with Crippen LogP contribution in [0.5, 0.6) is 5.75 Å². The molecule has 1 heterocycles. The Morgan fingerprint density at radius 2 is 1.96 bits per heavy atom. The molecule has 1 atom stereocenters. The van der Waals surface area contributed by atoms with E-state index in [9.17, 15) is 14.7 Å². The first kappa shape index (κ1) is 18.0. The van der Waals surface area contributed by atoms with Gasteiger partial charge in [-0.2, -0.15) is 0 Å². The van der Waals surface area contributed by atoms with Crippen LogP contribution in [0.3, 0.4) is 0 Å². The number of carbonyl (C=O) groups excluding carboxylic acids is 2. The fraction of sp³-hybridized carbons (Fsp3) is 0.294. The largest absolute Gasteiger partial charge is 0.497 e. The molecule has 6 nitrogen and oxygen atoms in total. The zero-order chi connectivity index (χ0) is 17.6. The second-order valence-electron chi connectivity index (χ2n) is 5.47. The van der Waals surface area contributed by atoms with E-state index in [-0.39, 0.29) is 13.1 Å². The number of carbonyl (C=O) groups is 2. The molecule has 0 spiro atoms. The molecule has 1 aromatic heterocycles. The lowest BCUT2D eigenvalue weighted by atomic mass is 10.1. The SMILES string of the molecule is COc1cccc(CNC(=O)C(=O)NC[C@](C)(O)c2cccs2)c1. The van der Waals surface area contributed by atoms with Gasteiger partial charge in [-0.25, -0.2) is 0 Å². The molecule has 0 saturated heterocycles. The van der Waals surface area contributed by atoms with Crippen molar-refractivity contribution in [3.8, 4) is 5.75 Å². The van der Waals surface area contributed by atoms with Crippen molar-refractivity contribution in [1.82, 2.24) is 10.6 Å². The number of nitrogens with one attached hydrogen (secondary N) is 2. The van der Waals surface area contributed by atoms with Crippen LogP contribution in [0.1, 0.15) is 17.4 Å². The lowest BCUT2D eigenvalue weighted by molar-refractivity contribution is -0.139. The zero-order valence-electron chi connectivity index (χ0n) is 13.5. The van der Waals surface area contributed by atoms with Gasteiger partial charge in [-0.15, -0.1) is 11.3 Å². The molecule has 0 unspecified atom stereocenters. The average molecular weight is 348 g/mol. The van der Waals surface area contributed by atoms with E-state index in [1.165, 1.54) is 11.3 Å². The Morgan fingerprint density at radius 1 is 1.21 bits per heavy atom. The Balaban J connectivity index is 1.83. The normalized spacial score (nSPS) is 13.0. The molecule has 0 aliphatic rings. The number of hydrogen-bond donors (Lipinski definition) is 3. The maximum atomic E-state index is 11.8. The summed E-state index contributed by atoms with van der Waals surface area (Å²) in [5.41, 5.74) is -0.391. The lowest BCUT2D eigenvalue weighted by Crippen LogP contribution is -2.45. The molecule has 0 aliphatic carbocycles. The van der Waals surface area contributed by atoms with Crippen LogP contribution in [0.4, 0.5) is 0 Å². The fourth-order valence-electron chi connectivity index (χ4n) is 2.05. The maximum absolute atomic E-state index is 11.8. The van der Waals surface area contributed by atoms with E-state index in [0.29, 0.717) is 5.75 Å². The molecule has 0 saturated carbocycles. The van der Waals surface area contributed by atoms with Gasteiger partial charge >= 0.3 is 11.8 Å². The summed E-state index contributed by atoms with van der Waals surface area (Å²) >= 11 is 1.39. The summed E-state index contributed by atoms with van der Waals surface area (Å²) in [5, 5.41) is 17.1. The van der Waals surface area contributed by atoms with Crippen molar-refractivity contribution in [3.63, 3.8) is 0 Å². The highest BCUT2D eigenvalue weighted by Gasteiger charge is 2.26. The van der Waals surface area contributed by atoms with Gasteiger partial charge in [0.2, 0.25) is 0 Å². The first-order valence-corrected chi connectivity index (χ1v) is 8.25. The smallest absolute Gasteiger partial charge is 0.309 e. The molecule has 128 valence electrons. The molecule has 0 fully saturated rings. The molecule has 24 heavy (non-hydrogen) atoms. The van der Waals surface area contributed by atoms with E-state index in [1.54, 1.807) is 38.3 Å². The number of rotatable bonds is 6. The summed E-state index contributed by atoms with van der Waals surface area (Å²) in [5.74, 6) is -0.854. The van der Waals surface area contributed by atoms with Gasteiger partial charge in [0.15, 0.2) is 0 Å². The second-order valence-corrected chi connectivity index (χ2v) is 6.42. The first-order valence-electron chi connectivity index (χ1n) is 7.37. The third-order valence-corrected chi connectivity index (χ3v) is 4.56. The Labute approximate surface area is 144 Å². The Hall–Kier alpha value is -2.38. The topological polar surface area (TPSA) is 87.7 Å². The van der Waals surface area contributed by atoms with Crippen LogP contribution < -0.4 is 15.4 Å². The van der Waals surface area contributed by atoms with Gasteiger partial charge in [0.1, 0.15) is 11.4 Å². The van der Waals surface area contributed by atoms with Crippen LogP contribution in [0.15, 0.2) is 41.8 Å². The Morgan fingerprint density at radius 3 is 2.62 bits per heavy atom. The van der Waals surface area contributed by atoms with Gasteiger partial charge in [0.05, 0.1) is 13.7 Å². The van der Waals surface area contributed by atoms with Crippen LogP contribution in [0, 0.1) is 0 Å². The number of benzene rings is 1. The summed E-state index contributed by atoms with van der Waals surface area (Å²) in [7, 11) is 1.56. The second kappa shape index (κ2) is 7.94. The number of amides is 2. The van der Waals surface area contributed by atoms with Crippen molar-refractivity contribution in [1.29, 1.82) is 0 Å². The molecule has 0 radical (unpaired) electrons. The monoisotopic (exact) mass is 348 g/mol. The van der Waals surface area contributed by atoms with Gasteiger partial charge in [0, 0.05) is 11.4 Å². The Bertz CT molecular complexity index is 698. The minimum absolute atomic E-state index is 0.0427. The highest BCUT2D eigenvalue weighted by Crippen LogP contribution is 2.24. The van der Waals surface area contributed by atoms with Crippen molar-refractivity contribution in [2.45, 2.75) is 19.1 Å². The molecule has 2 aromatic rings. The van der Waals surface area contributed by atoms with Crippen LogP contribution in [0.25, 0.3) is 0 Å². The number of hydrogen-bond acceptors (Lipinski definition) is 5. The highest BCUT2D eigenvalue weighted by molar-refractivity contribution is 7.10. The van der Waals surface area contributed by atoms with E-state index in [2.05, 4.69) is 10.6 Å². The van der Waals surface area contributed by atoms with Gasteiger partial charge in [0.25, 0.3) is 0 Å². The quantitative estimate of drug-likeness (QED) is 0.689. The fourth-order valence-corrected chi connectivity index (χ4v) is 2.84. The van der Waals surface area contributed by atoms with E-state index in [4.69, 9.17) is 4.74 Å². The summed E-state index contributed by atoms with van der Waals surface area (Å²) in [4.78, 5) is 24.4. The summed E-state index contributed by atoms with van der Waals surface area (Å²) in [6, 6.07) is 10.8. The molecule has 2 amide bonds. The summed E-state index contributed by atoms with van der Waals surface area (Å²) < 4.78 is 5.10. The maximum Gasteiger partial charge on any atom is 0.309 e. The summed E-state index contributed by atoms with van der Waals surface area (Å²) in [6.07, 6.45) is 0. The first-order chi connectivity index (χ1) is 11.4. The van der Waals surface area contributed by atoms with Crippen molar-refractivity contribution >= 4 is 23.2 Å². The molecule has 1 aromatic carbocycles. The van der Waals surface area contributed by atoms with Gasteiger partial charge < -0.3 is 20.5 Å². The molecular weight excluding hydrogens is 328 g/mol. The minimum atomic E-state index is -1.21. The van der Waals surface area contributed by atoms with Crippen LogP contribution in [0.2, 0.25) is 0 Å². The lowest BCUT2D eigenvalue weighted by Gasteiger charge is -2.22. The van der Waals surface area contributed by atoms with Crippen molar-refractivity contribution in [2.75, 3.05) is 13.7 Å². The van der Waals surface area contributed by atoms with Crippen molar-refractivity contribution in [2.24, 2.45) is 0 Å². The minimum Gasteiger partial charge on any atom is -0.497 e. The van der Waals surface area contributed by atoms with Gasteiger partial charge in [-0.05, 0) is 36.1 Å². The van der Waals surface area contributed by atoms with Crippen molar-refractivity contribution < 1.29 is 19.4 Å². The summed E-state index contributed by atoms with van der Waals surface area (Å²) in [6.45, 7) is 1.76. The van der Waals surface area contributed by atoms with Crippen LogP contribution in [-0.4, -0.2) is 30.6 Å². The third-order valence-electron chi connectivity index (χ3n) is 3.44. The number of aliphatic hydroxyl groups is 1. The number of methoxy groups -OCH3 is 1. The predicted molar refractivity (Wildman–Crippen MR) is 91.7 cm³/mol. The Kier molecular flexibility index (Phi) is 5.94. The van der Waals surface area contributed by atoms with Crippen LogP contribution >= 0.6 is 11.3 Å². The molecule has 0 bridgehead atoms. The molecular formula is C17H20N2O4S. The van der Waals surface area contributed by atoms with Crippen molar-refractivity contribution in [3.05, 3.63) is 52.2 Å². The number of thiophene rings is 1. The molecule has 7 heteroatoms. The predicted octanol–water partition coefficient (Wildman–Crippen LogP) is 1.40. The van der Waals surface area contributed by atoms with Crippen LogP contribution in [-0.2, 0) is 21.7 Å². The van der Waals surface area contributed by atoms with Gasteiger partial charge in [-0.1, -0.05) is 18.2 Å². The van der Waals surface area contributed by atoms with E-state index >= 15 is 0 Å². The van der Waals surface area contributed by atoms with E-state index < -0.39 is 17.4 Å². The molecule has 0 aliphatic heterocycles. The van der Waals surface area contributed by atoms with E-state index in [1.807, 2.05) is 17.5 Å². The molecule has 2 rings (SSSR count). The highest BCUT2D eigenvalue weighted by atomic mass is 32.1. The zero-order valence-corrected chi connectivity index (χ0v) is 14.4. The van der Waals surface area contributed by atoms with E-state index in [0.717, 1.165) is 10.4 Å². The average Bonchev–Trinajstić information content (AvgIpc) is 3.13. The molecule has 3 N–H and O–H groups in total. The van der Waals surface area contributed by atoms with Gasteiger partial charge in [-0.3, -0.25) is 9.59 Å². The standard InChI is InChI=1S/C17H20N2O4S/c1-17(22,14-7-4-8-24-14)11-19-16(21)15(20)18-10-12-5-3-6-13(9-12)23-2/h3-9,22H,10-11H2,1-2H3,(H,18,20)(H,19,21)/t17-/m0/s1. The number of ether oxygens (including phenoxy) is 1.